The third-order valence-corrected chi connectivity index (χ3v) is 5.18. The Labute approximate surface area is 152 Å². The molecule has 3 amide bonds. The maximum atomic E-state index is 12.9. The fourth-order valence-electron chi connectivity index (χ4n) is 3.45. The van der Waals surface area contributed by atoms with Crippen LogP contribution in [0.5, 0.6) is 5.75 Å². The summed E-state index contributed by atoms with van der Waals surface area (Å²) < 4.78 is 5.53. The summed E-state index contributed by atoms with van der Waals surface area (Å²) in [5.41, 5.74) is 1.04. The summed E-state index contributed by atoms with van der Waals surface area (Å²) in [7, 11) is 0. The molecule has 0 aromatic heterocycles. The van der Waals surface area contributed by atoms with E-state index in [2.05, 4.69) is 5.32 Å². The van der Waals surface area contributed by atoms with Gasteiger partial charge in [-0.05, 0) is 44.4 Å². The van der Waals surface area contributed by atoms with Crippen LogP contribution in [-0.2, 0) is 9.59 Å². The Morgan fingerprint density at radius 3 is 2.62 bits per heavy atom. The standard InChI is InChI=1S/C19H23N3O4/c1-12-17(23)20-15-11-14(5-6-16(15)26-12)19(25)22-8-2-7-21(9-10-22)18(24)13-3-4-13/h5-6,11-13H,2-4,7-10H2,1H3,(H,20,23). The molecule has 1 aromatic rings. The average molecular weight is 357 g/mol. The van der Waals surface area contributed by atoms with Crippen molar-refractivity contribution >= 4 is 23.4 Å². The normalized spacial score (nSPS) is 22.8. The van der Waals surface area contributed by atoms with Crippen molar-refractivity contribution in [2.45, 2.75) is 32.3 Å². The van der Waals surface area contributed by atoms with Gasteiger partial charge >= 0.3 is 0 Å². The van der Waals surface area contributed by atoms with Crippen LogP contribution in [0.25, 0.3) is 0 Å². The number of rotatable bonds is 2. The van der Waals surface area contributed by atoms with Crippen molar-refractivity contribution in [3.63, 3.8) is 0 Å². The number of carbonyl (C=O) groups excluding carboxylic acids is 3. The van der Waals surface area contributed by atoms with E-state index in [-0.39, 0.29) is 23.6 Å². The predicted octanol–water partition coefficient (Wildman–Crippen LogP) is 1.49. The Hall–Kier alpha value is -2.57. The minimum Gasteiger partial charge on any atom is -0.479 e. The first-order valence-corrected chi connectivity index (χ1v) is 9.22. The van der Waals surface area contributed by atoms with E-state index in [1.165, 1.54) is 0 Å². The van der Waals surface area contributed by atoms with Gasteiger partial charge in [0.25, 0.3) is 11.8 Å². The van der Waals surface area contributed by atoms with Gasteiger partial charge in [0, 0.05) is 37.7 Å². The topological polar surface area (TPSA) is 79.0 Å². The molecule has 2 fully saturated rings. The van der Waals surface area contributed by atoms with Crippen molar-refractivity contribution in [3.8, 4) is 5.75 Å². The van der Waals surface area contributed by atoms with Crippen LogP contribution in [-0.4, -0.2) is 59.8 Å². The van der Waals surface area contributed by atoms with Gasteiger partial charge in [-0.15, -0.1) is 0 Å². The van der Waals surface area contributed by atoms with E-state index >= 15 is 0 Å². The van der Waals surface area contributed by atoms with Gasteiger partial charge < -0.3 is 19.9 Å². The molecule has 2 aliphatic heterocycles. The minimum atomic E-state index is -0.537. The number of nitrogens with zero attached hydrogens (tertiary/aromatic N) is 2. The Balaban J connectivity index is 1.45. The second-order valence-electron chi connectivity index (χ2n) is 7.21. The third-order valence-electron chi connectivity index (χ3n) is 5.18. The molecule has 2 heterocycles. The van der Waals surface area contributed by atoms with Crippen LogP contribution in [0.1, 0.15) is 36.5 Å². The number of hydrogen-bond donors (Lipinski definition) is 1. The molecule has 1 saturated carbocycles. The van der Waals surface area contributed by atoms with Gasteiger partial charge in [0.05, 0.1) is 5.69 Å². The minimum absolute atomic E-state index is 0.0820. The number of ether oxygens (including phenoxy) is 1. The summed E-state index contributed by atoms with van der Waals surface area (Å²) in [4.78, 5) is 40.6. The quantitative estimate of drug-likeness (QED) is 0.870. The third kappa shape index (κ3) is 3.25. The highest BCUT2D eigenvalue weighted by Crippen LogP contribution is 2.32. The van der Waals surface area contributed by atoms with Crippen molar-refractivity contribution in [1.82, 2.24) is 9.80 Å². The fourth-order valence-corrected chi connectivity index (χ4v) is 3.45. The number of carbonyl (C=O) groups is 3. The van der Waals surface area contributed by atoms with E-state index in [0.29, 0.717) is 43.2 Å². The Bertz CT molecular complexity index is 759. The maximum absolute atomic E-state index is 12.9. The van der Waals surface area contributed by atoms with Crippen molar-refractivity contribution in [2.75, 3.05) is 31.5 Å². The molecule has 3 aliphatic rings. The molecule has 1 aliphatic carbocycles. The summed E-state index contributed by atoms with van der Waals surface area (Å²) in [5.74, 6) is 0.726. The monoisotopic (exact) mass is 357 g/mol. The number of fused-ring (bicyclic) bond motifs is 1. The Kier molecular flexibility index (Phi) is 4.30. The molecule has 138 valence electrons. The molecule has 1 unspecified atom stereocenters. The van der Waals surface area contributed by atoms with Crippen molar-refractivity contribution < 1.29 is 19.1 Å². The SMILES string of the molecule is CC1Oc2ccc(C(=O)N3CCCN(C(=O)C4CC4)CC3)cc2NC1=O. The molecule has 1 N–H and O–H groups in total. The van der Waals surface area contributed by atoms with Gasteiger partial charge in [-0.1, -0.05) is 0 Å². The molecular weight excluding hydrogens is 334 g/mol. The van der Waals surface area contributed by atoms with Gasteiger partial charge in [-0.25, -0.2) is 0 Å². The van der Waals surface area contributed by atoms with Crippen LogP contribution in [0.4, 0.5) is 5.69 Å². The first kappa shape index (κ1) is 16.9. The highest BCUT2D eigenvalue weighted by Gasteiger charge is 2.34. The second kappa shape index (κ2) is 6.63. The van der Waals surface area contributed by atoms with Crippen LogP contribution >= 0.6 is 0 Å². The smallest absolute Gasteiger partial charge is 0.265 e. The number of benzene rings is 1. The molecule has 7 heteroatoms. The molecule has 1 saturated heterocycles. The van der Waals surface area contributed by atoms with E-state index < -0.39 is 6.10 Å². The number of nitrogens with one attached hydrogen (secondary N) is 1. The summed E-state index contributed by atoms with van der Waals surface area (Å²) >= 11 is 0. The van der Waals surface area contributed by atoms with E-state index in [1.807, 2.05) is 4.90 Å². The van der Waals surface area contributed by atoms with E-state index in [4.69, 9.17) is 4.74 Å². The largest absolute Gasteiger partial charge is 0.479 e. The molecule has 7 nitrogen and oxygen atoms in total. The molecular formula is C19H23N3O4. The van der Waals surface area contributed by atoms with Crippen molar-refractivity contribution in [1.29, 1.82) is 0 Å². The zero-order valence-corrected chi connectivity index (χ0v) is 14.9. The van der Waals surface area contributed by atoms with Crippen LogP contribution in [0, 0.1) is 5.92 Å². The lowest BCUT2D eigenvalue weighted by atomic mass is 10.1. The summed E-state index contributed by atoms with van der Waals surface area (Å²) in [6.45, 7) is 4.15. The van der Waals surface area contributed by atoms with E-state index in [9.17, 15) is 14.4 Å². The lowest BCUT2D eigenvalue weighted by molar-refractivity contribution is -0.132. The fraction of sp³-hybridized carbons (Fsp3) is 0.526. The number of hydrogen-bond acceptors (Lipinski definition) is 4. The van der Waals surface area contributed by atoms with Crippen molar-refractivity contribution in [3.05, 3.63) is 23.8 Å². The summed E-state index contributed by atoms with van der Waals surface area (Å²) in [6, 6.07) is 5.11. The highest BCUT2D eigenvalue weighted by atomic mass is 16.5. The molecule has 26 heavy (non-hydrogen) atoms. The van der Waals surface area contributed by atoms with Crippen LogP contribution in [0.2, 0.25) is 0 Å². The zero-order valence-electron chi connectivity index (χ0n) is 14.9. The lowest BCUT2D eigenvalue weighted by Gasteiger charge is -2.25. The van der Waals surface area contributed by atoms with Crippen LogP contribution < -0.4 is 10.1 Å². The first-order chi connectivity index (χ1) is 12.5. The molecule has 0 radical (unpaired) electrons. The lowest BCUT2D eigenvalue weighted by Crippen LogP contribution is -2.38. The first-order valence-electron chi connectivity index (χ1n) is 9.22. The molecule has 4 rings (SSSR count). The van der Waals surface area contributed by atoms with Crippen LogP contribution in [0.15, 0.2) is 18.2 Å². The molecule has 0 bridgehead atoms. The zero-order chi connectivity index (χ0) is 18.3. The van der Waals surface area contributed by atoms with Crippen LogP contribution in [0.3, 0.4) is 0 Å². The van der Waals surface area contributed by atoms with Gasteiger partial charge in [0.1, 0.15) is 5.75 Å². The van der Waals surface area contributed by atoms with Gasteiger partial charge in [0.15, 0.2) is 6.10 Å². The average Bonchev–Trinajstić information content (AvgIpc) is 3.48. The Morgan fingerprint density at radius 2 is 1.85 bits per heavy atom. The van der Waals surface area contributed by atoms with E-state index in [1.54, 1.807) is 30.0 Å². The predicted molar refractivity (Wildman–Crippen MR) is 95.0 cm³/mol. The van der Waals surface area contributed by atoms with Gasteiger partial charge in [-0.3, -0.25) is 14.4 Å². The van der Waals surface area contributed by atoms with Crippen molar-refractivity contribution in [2.24, 2.45) is 5.92 Å². The highest BCUT2D eigenvalue weighted by molar-refractivity contribution is 6.01. The number of anilines is 1. The number of amides is 3. The summed E-state index contributed by atoms with van der Waals surface area (Å²) in [5, 5.41) is 2.77. The maximum Gasteiger partial charge on any atom is 0.265 e. The molecule has 1 atom stereocenters. The van der Waals surface area contributed by atoms with Gasteiger partial charge in [-0.2, -0.15) is 0 Å². The molecule has 1 aromatic carbocycles. The van der Waals surface area contributed by atoms with E-state index in [0.717, 1.165) is 19.3 Å². The van der Waals surface area contributed by atoms with Gasteiger partial charge in [0.2, 0.25) is 5.91 Å². The summed E-state index contributed by atoms with van der Waals surface area (Å²) in [6.07, 6.45) is 2.25. The second-order valence-corrected chi connectivity index (χ2v) is 7.21. The molecule has 0 spiro atoms. The Morgan fingerprint density at radius 1 is 1.12 bits per heavy atom.